The van der Waals surface area contributed by atoms with E-state index in [0.29, 0.717) is 5.56 Å². The molecule has 1 amide bonds. The van der Waals surface area contributed by atoms with E-state index in [1.165, 1.54) is 23.7 Å². The van der Waals surface area contributed by atoms with Gasteiger partial charge < -0.3 is 0 Å². The minimum Gasteiger partial charge on any atom is -0.289 e. The summed E-state index contributed by atoms with van der Waals surface area (Å²) in [7, 11) is -3.70. The number of amides is 1. The van der Waals surface area contributed by atoms with Crippen molar-refractivity contribution in [1.82, 2.24) is 5.48 Å². The molecule has 0 saturated heterocycles. The third kappa shape index (κ3) is 4.64. The van der Waals surface area contributed by atoms with E-state index in [2.05, 4.69) is 0 Å². The van der Waals surface area contributed by atoms with Gasteiger partial charge in [0.05, 0.1) is 16.2 Å². The molecule has 0 aliphatic heterocycles. The van der Waals surface area contributed by atoms with E-state index >= 15 is 0 Å². The molecule has 0 atom stereocenters. The van der Waals surface area contributed by atoms with Crippen molar-refractivity contribution in [2.75, 3.05) is 0 Å². The van der Waals surface area contributed by atoms with Gasteiger partial charge in [-0.15, -0.1) is 0 Å². The molecule has 0 aromatic heterocycles. The van der Waals surface area contributed by atoms with E-state index in [4.69, 9.17) is 5.21 Å². The Hall–Kier alpha value is -2.18. The maximum atomic E-state index is 12.6. The van der Waals surface area contributed by atoms with E-state index in [-0.39, 0.29) is 16.2 Å². The zero-order chi connectivity index (χ0) is 17.5. The second kappa shape index (κ2) is 8.45. The minimum absolute atomic E-state index is 0.0671. The summed E-state index contributed by atoms with van der Waals surface area (Å²) in [6.07, 6.45) is -0.211. The molecule has 2 N–H and O–H groups in total. The summed E-state index contributed by atoms with van der Waals surface area (Å²) in [5, 5.41) is 8.59. The minimum atomic E-state index is -3.70. The molecule has 2 rings (SSSR count). The van der Waals surface area contributed by atoms with Gasteiger partial charge in [0.15, 0.2) is 0 Å². The maximum absolute atomic E-state index is 12.6. The molecule has 0 radical (unpaired) electrons. The lowest BCUT2D eigenvalue weighted by Gasteiger charge is -2.10. The SMILES string of the molecule is CC.Cc1ccc(S(=O)(=O)c2ccccc2CC(=O)NO)cc1. The Morgan fingerprint density at radius 2 is 1.61 bits per heavy atom. The number of hydrogen-bond donors (Lipinski definition) is 2. The van der Waals surface area contributed by atoms with E-state index < -0.39 is 15.7 Å². The van der Waals surface area contributed by atoms with Gasteiger partial charge >= 0.3 is 0 Å². The number of carbonyl (C=O) groups excluding carboxylic acids is 1. The molecule has 0 bridgehead atoms. The van der Waals surface area contributed by atoms with Gasteiger partial charge in [-0.25, -0.2) is 13.9 Å². The van der Waals surface area contributed by atoms with Crippen LogP contribution in [-0.2, 0) is 21.1 Å². The van der Waals surface area contributed by atoms with E-state index in [9.17, 15) is 13.2 Å². The molecule has 0 fully saturated rings. The first-order chi connectivity index (χ1) is 10.9. The van der Waals surface area contributed by atoms with Crippen LogP contribution in [0.4, 0.5) is 0 Å². The molecule has 0 heterocycles. The molecule has 2 aromatic rings. The summed E-state index contributed by atoms with van der Waals surface area (Å²) in [4.78, 5) is 11.5. The van der Waals surface area contributed by atoms with Crippen molar-refractivity contribution in [3.8, 4) is 0 Å². The quantitative estimate of drug-likeness (QED) is 0.665. The van der Waals surface area contributed by atoms with Crippen LogP contribution in [0.3, 0.4) is 0 Å². The smallest absolute Gasteiger partial charge is 0.247 e. The van der Waals surface area contributed by atoms with Crippen LogP contribution in [0, 0.1) is 6.92 Å². The molecule has 0 aliphatic carbocycles. The van der Waals surface area contributed by atoms with Gasteiger partial charge in [0.25, 0.3) is 0 Å². The Balaban J connectivity index is 0.00000127. The summed E-state index contributed by atoms with van der Waals surface area (Å²) in [5.74, 6) is -0.665. The first kappa shape index (κ1) is 18.9. The average molecular weight is 335 g/mol. The number of hydroxylamine groups is 1. The number of hydrogen-bond acceptors (Lipinski definition) is 4. The van der Waals surface area contributed by atoms with E-state index in [0.717, 1.165) is 5.56 Å². The number of aryl methyl sites for hydroxylation is 1. The lowest BCUT2D eigenvalue weighted by molar-refractivity contribution is -0.128. The highest BCUT2D eigenvalue weighted by Crippen LogP contribution is 2.24. The molecule has 6 heteroatoms. The first-order valence-corrected chi connectivity index (χ1v) is 8.76. The van der Waals surface area contributed by atoms with Crippen LogP contribution in [0.5, 0.6) is 0 Å². The number of carbonyl (C=O) groups is 1. The van der Waals surface area contributed by atoms with Crippen LogP contribution in [0.2, 0.25) is 0 Å². The second-order valence-corrected chi connectivity index (χ2v) is 6.55. The van der Waals surface area contributed by atoms with Gasteiger partial charge in [-0.3, -0.25) is 10.0 Å². The molecular formula is C17H21NO4S. The standard InChI is InChI=1S/C15H15NO4S.C2H6/c1-11-6-8-13(9-7-11)21(19,20)14-5-3-2-4-12(14)10-15(17)16-18;1-2/h2-9,18H,10H2,1H3,(H,16,17);1-2H3. The Bertz CT molecular complexity index is 752. The fraction of sp³-hybridized carbons (Fsp3) is 0.235. The summed E-state index contributed by atoms with van der Waals surface area (Å²) >= 11 is 0. The van der Waals surface area contributed by atoms with Gasteiger partial charge in [0, 0.05) is 0 Å². The first-order valence-electron chi connectivity index (χ1n) is 7.28. The van der Waals surface area contributed by atoms with Crippen LogP contribution < -0.4 is 5.48 Å². The molecular weight excluding hydrogens is 314 g/mol. The van der Waals surface area contributed by atoms with Crippen molar-refractivity contribution in [3.05, 3.63) is 59.7 Å². The number of benzene rings is 2. The fourth-order valence-corrected chi connectivity index (χ4v) is 3.46. The Morgan fingerprint density at radius 3 is 2.17 bits per heavy atom. The fourth-order valence-electron chi connectivity index (χ4n) is 1.97. The zero-order valence-corrected chi connectivity index (χ0v) is 14.2. The highest BCUT2D eigenvalue weighted by Gasteiger charge is 2.21. The summed E-state index contributed by atoms with van der Waals surface area (Å²) in [5.41, 5.74) is 2.80. The summed E-state index contributed by atoms with van der Waals surface area (Å²) in [6, 6.07) is 12.8. The molecule has 124 valence electrons. The number of rotatable bonds is 4. The zero-order valence-electron chi connectivity index (χ0n) is 13.4. The Labute approximate surface area is 136 Å². The highest BCUT2D eigenvalue weighted by atomic mass is 32.2. The van der Waals surface area contributed by atoms with Crippen molar-refractivity contribution in [3.63, 3.8) is 0 Å². The Morgan fingerprint density at radius 1 is 1.04 bits per heavy atom. The highest BCUT2D eigenvalue weighted by molar-refractivity contribution is 7.91. The molecule has 5 nitrogen and oxygen atoms in total. The van der Waals surface area contributed by atoms with Gasteiger partial charge in [-0.2, -0.15) is 0 Å². The lowest BCUT2D eigenvalue weighted by Crippen LogP contribution is -2.21. The number of sulfone groups is 1. The van der Waals surface area contributed by atoms with E-state index in [1.807, 2.05) is 20.8 Å². The molecule has 23 heavy (non-hydrogen) atoms. The van der Waals surface area contributed by atoms with Crippen molar-refractivity contribution in [2.45, 2.75) is 37.0 Å². The molecule has 0 spiro atoms. The normalized spacial score (nSPS) is 10.4. The summed E-state index contributed by atoms with van der Waals surface area (Å²) in [6.45, 7) is 5.87. The van der Waals surface area contributed by atoms with Crippen LogP contribution in [0.25, 0.3) is 0 Å². The largest absolute Gasteiger partial charge is 0.289 e. The lowest BCUT2D eigenvalue weighted by atomic mass is 10.1. The predicted molar refractivity (Wildman–Crippen MR) is 88.1 cm³/mol. The van der Waals surface area contributed by atoms with Gasteiger partial charge in [0.1, 0.15) is 0 Å². The molecule has 0 unspecified atom stereocenters. The third-order valence-corrected chi connectivity index (χ3v) is 4.94. The molecule has 2 aromatic carbocycles. The van der Waals surface area contributed by atoms with Gasteiger partial charge in [-0.1, -0.05) is 49.7 Å². The van der Waals surface area contributed by atoms with Crippen molar-refractivity contribution < 1.29 is 18.4 Å². The third-order valence-electron chi connectivity index (χ3n) is 3.07. The second-order valence-electron chi connectivity index (χ2n) is 4.64. The van der Waals surface area contributed by atoms with Crippen LogP contribution >= 0.6 is 0 Å². The van der Waals surface area contributed by atoms with E-state index in [1.54, 1.807) is 30.3 Å². The molecule has 0 saturated carbocycles. The maximum Gasteiger partial charge on any atom is 0.247 e. The van der Waals surface area contributed by atoms with Crippen LogP contribution in [0.15, 0.2) is 58.3 Å². The monoisotopic (exact) mass is 335 g/mol. The summed E-state index contributed by atoms with van der Waals surface area (Å²) < 4.78 is 25.3. The van der Waals surface area contributed by atoms with Crippen molar-refractivity contribution in [1.29, 1.82) is 0 Å². The van der Waals surface area contributed by atoms with Crippen molar-refractivity contribution in [2.24, 2.45) is 0 Å². The molecule has 0 aliphatic rings. The predicted octanol–water partition coefficient (Wildman–Crippen LogP) is 2.90. The van der Waals surface area contributed by atoms with Crippen molar-refractivity contribution >= 4 is 15.7 Å². The van der Waals surface area contributed by atoms with Gasteiger partial charge in [0.2, 0.25) is 15.7 Å². The van der Waals surface area contributed by atoms with Gasteiger partial charge in [-0.05, 0) is 30.7 Å². The number of nitrogens with one attached hydrogen (secondary N) is 1. The van der Waals surface area contributed by atoms with Crippen LogP contribution in [-0.4, -0.2) is 19.5 Å². The topological polar surface area (TPSA) is 83.5 Å². The average Bonchev–Trinajstić information content (AvgIpc) is 2.57. The van der Waals surface area contributed by atoms with Crippen LogP contribution in [0.1, 0.15) is 25.0 Å². The Kier molecular flexibility index (Phi) is 6.93.